The fourth-order valence-electron chi connectivity index (χ4n) is 9.54. The van der Waals surface area contributed by atoms with Gasteiger partial charge >= 0.3 is 17.9 Å². The van der Waals surface area contributed by atoms with Crippen LogP contribution in [0.25, 0.3) is 0 Å². The van der Waals surface area contributed by atoms with Gasteiger partial charge < -0.3 is 19.3 Å². The average molecular weight is 691 g/mol. The molecule has 8 heteroatoms. The highest BCUT2D eigenvalue weighted by Crippen LogP contribution is 2.60. The van der Waals surface area contributed by atoms with Gasteiger partial charge in [-0.2, -0.15) is 0 Å². The van der Waals surface area contributed by atoms with Crippen LogP contribution in [0.3, 0.4) is 0 Å². The van der Waals surface area contributed by atoms with Gasteiger partial charge in [0.05, 0.1) is 11.5 Å². The Kier molecular flexibility index (Phi) is 11.5. The van der Waals surface area contributed by atoms with Crippen LogP contribution in [0.2, 0.25) is 0 Å². The second-order valence-electron chi connectivity index (χ2n) is 16.4. The predicted octanol–water partition coefficient (Wildman–Crippen LogP) is 7.99. The smallest absolute Gasteiger partial charge is 0.334 e. The third-order valence-corrected chi connectivity index (χ3v) is 12.3. The largest absolute Gasteiger partial charge is 0.462 e. The van der Waals surface area contributed by atoms with Gasteiger partial charge in [0, 0.05) is 43.1 Å². The number of allylic oxidation sites excluding steroid dienone is 8. The van der Waals surface area contributed by atoms with Crippen molar-refractivity contribution < 1.29 is 38.5 Å². The zero-order valence-corrected chi connectivity index (χ0v) is 31.4. The Balaban J connectivity index is 1.71. The third kappa shape index (κ3) is 7.66. The van der Waals surface area contributed by atoms with E-state index in [-0.39, 0.29) is 41.9 Å². The summed E-state index contributed by atoms with van der Waals surface area (Å²) in [7, 11) is 0. The van der Waals surface area contributed by atoms with Crippen LogP contribution in [0.15, 0.2) is 57.7 Å². The summed E-state index contributed by atoms with van der Waals surface area (Å²) in [5.74, 6) is -2.33. The van der Waals surface area contributed by atoms with Crippen LogP contribution in [-0.4, -0.2) is 52.7 Å². The number of fused-ring (bicyclic) bond motifs is 4. The molecule has 0 radical (unpaired) electrons. The van der Waals surface area contributed by atoms with Gasteiger partial charge in [0.1, 0.15) is 17.8 Å². The summed E-state index contributed by atoms with van der Waals surface area (Å²) < 4.78 is 18.6. The van der Waals surface area contributed by atoms with E-state index in [9.17, 15) is 24.3 Å². The maximum Gasteiger partial charge on any atom is 0.334 e. The number of aliphatic hydroxyl groups is 1. The molecule has 1 unspecified atom stereocenters. The molecule has 0 saturated carbocycles. The van der Waals surface area contributed by atoms with Crippen LogP contribution in [0.1, 0.15) is 126 Å². The molecule has 0 amide bonds. The number of aliphatic hydroxyl groups excluding tert-OH is 1. The van der Waals surface area contributed by atoms with Crippen LogP contribution in [0, 0.1) is 29.1 Å². The molecule has 1 N–H and O–H groups in total. The molecule has 50 heavy (non-hydrogen) atoms. The molecule has 1 fully saturated rings. The zero-order chi connectivity index (χ0) is 36.5. The van der Waals surface area contributed by atoms with Crippen molar-refractivity contribution in [2.24, 2.45) is 29.1 Å². The molecule has 0 aromatic heterocycles. The van der Waals surface area contributed by atoms with E-state index in [4.69, 9.17) is 14.2 Å². The highest BCUT2D eigenvalue weighted by atomic mass is 16.6. The standard InChI is InChI=1S/C42H58O8/c1-24(2)37-35(48-29(7)43)21-26(4)12-9-11-25(3)19-31(44)23-42-33-20-27(5)14-17-36(45)41(8)18-10-13-30(39(46)50-41)15-16-32(33)28(6)22-34(42)38(37)49-40(42)47/h12-13,19-20,24,33-38,45H,9-11,14-18,21-23H2,1-8H3/b25-19-,26-12+,27-20+/t33-,34?,35-,36+,37-,38-,41-,42-/m0/s1. The summed E-state index contributed by atoms with van der Waals surface area (Å²) in [4.78, 5) is 55.0. The number of esters is 3. The van der Waals surface area contributed by atoms with E-state index < -0.39 is 41.2 Å². The van der Waals surface area contributed by atoms with Gasteiger partial charge in [0.15, 0.2) is 5.78 Å². The van der Waals surface area contributed by atoms with Gasteiger partial charge in [0.25, 0.3) is 0 Å². The van der Waals surface area contributed by atoms with Crippen LogP contribution in [0.5, 0.6) is 0 Å². The second kappa shape index (κ2) is 15.1. The number of hydrogen-bond donors (Lipinski definition) is 1. The minimum Gasteiger partial charge on any atom is -0.462 e. The third-order valence-electron chi connectivity index (χ3n) is 12.3. The first-order valence-corrected chi connectivity index (χ1v) is 18.8. The van der Waals surface area contributed by atoms with E-state index in [1.165, 1.54) is 6.92 Å². The monoisotopic (exact) mass is 690 g/mol. The highest BCUT2D eigenvalue weighted by molar-refractivity contribution is 5.96. The van der Waals surface area contributed by atoms with Gasteiger partial charge in [-0.15, -0.1) is 0 Å². The van der Waals surface area contributed by atoms with Gasteiger partial charge in [-0.05, 0) is 104 Å². The summed E-state index contributed by atoms with van der Waals surface area (Å²) in [5, 5.41) is 11.3. The first kappa shape index (κ1) is 38.0. The predicted molar refractivity (Wildman–Crippen MR) is 192 cm³/mol. The molecule has 5 rings (SSSR count). The summed E-state index contributed by atoms with van der Waals surface area (Å²) in [6.45, 7) is 15.6. The number of ether oxygens (including phenoxy) is 3. The van der Waals surface area contributed by atoms with E-state index in [1.807, 2.05) is 33.8 Å². The number of carbonyl (C=O) groups excluding carboxylic acids is 4. The first-order valence-electron chi connectivity index (χ1n) is 18.8. The molecule has 1 saturated heterocycles. The minimum atomic E-state index is -1.19. The molecule has 8 atom stereocenters. The molecule has 5 aliphatic rings. The number of hydrogen-bond acceptors (Lipinski definition) is 8. The Bertz CT molecular complexity index is 1540. The summed E-state index contributed by atoms with van der Waals surface area (Å²) >= 11 is 0. The van der Waals surface area contributed by atoms with Crippen molar-refractivity contribution in [2.75, 3.05) is 0 Å². The maximum atomic E-state index is 14.9. The SMILES string of the molecule is CC(=O)O[C@H]1C/C(C)=C/CC/C(C)=C\C(=O)C[C@@]23C(=O)O[C@@H](C2CC(C)=C2CCC4=CCC[C@](C)(OC4=O)[C@H](O)CC/C(C)=C/[C@@H]23)[C@H]1C(C)C. The molecule has 0 spiro atoms. The Morgan fingerprint density at radius 3 is 2.40 bits per heavy atom. The van der Waals surface area contributed by atoms with Crippen LogP contribution in [0.4, 0.5) is 0 Å². The highest BCUT2D eigenvalue weighted by Gasteiger charge is 2.65. The molecule has 274 valence electrons. The molecule has 2 aliphatic carbocycles. The molecule has 3 heterocycles. The normalized spacial score (nSPS) is 39.2. The lowest BCUT2D eigenvalue weighted by atomic mass is 9.54. The van der Waals surface area contributed by atoms with E-state index in [0.29, 0.717) is 63.4 Å². The lowest BCUT2D eigenvalue weighted by Crippen LogP contribution is -2.49. The molecule has 3 aliphatic heterocycles. The van der Waals surface area contributed by atoms with E-state index in [2.05, 4.69) is 32.9 Å². The lowest BCUT2D eigenvalue weighted by Gasteiger charge is -2.46. The fraction of sp³-hybridized carbons (Fsp3) is 0.667. The molecule has 8 nitrogen and oxygen atoms in total. The Morgan fingerprint density at radius 2 is 1.70 bits per heavy atom. The zero-order valence-electron chi connectivity index (χ0n) is 31.4. The van der Waals surface area contributed by atoms with Crippen LogP contribution >= 0.6 is 0 Å². The van der Waals surface area contributed by atoms with Crippen LogP contribution in [-0.2, 0) is 33.4 Å². The van der Waals surface area contributed by atoms with Crippen LogP contribution < -0.4 is 0 Å². The molecular weight excluding hydrogens is 632 g/mol. The summed E-state index contributed by atoms with van der Waals surface area (Å²) in [6.07, 6.45) is 11.6. The van der Waals surface area contributed by atoms with Gasteiger partial charge in [-0.3, -0.25) is 14.4 Å². The second-order valence-corrected chi connectivity index (χ2v) is 16.4. The fourth-order valence-corrected chi connectivity index (χ4v) is 9.54. The van der Waals surface area contributed by atoms with E-state index in [0.717, 1.165) is 34.3 Å². The van der Waals surface area contributed by atoms with Crippen molar-refractivity contribution in [1.29, 1.82) is 0 Å². The summed E-state index contributed by atoms with van der Waals surface area (Å²) in [6, 6.07) is 0. The summed E-state index contributed by atoms with van der Waals surface area (Å²) in [5.41, 5.74) is 3.65. The van der Waals surface area contributed by atoms with Crippen molar-refractivity contribution in [3.8, 4) is 0 Å². The average Bonchev–Trinajstić information content (AvgIpc) is 3.17. The van der Waals surface area contributed by atoms with Crippen molar-refractivity contribution in [3.05, 3.63) is 57.7 Å². The molecule has 0 aromatic rings. The lowest BCUT2D eigenvalue weighted by molar-refractivity contribution is -0.166. The minimum absolute atomic E-state index is 0.00108. The topological polar surface area (TPSA) is 116 Å². The Morgan fingerprint density at radius 1 is 0.960 bits per heavy atom. The van der Waals surface area contributed by atoms with Crippen molar-refractivity contribution in [2.45, 2.75) is 150 Å². The van der Waals surface area contributed by atoms with Gasteiger partial charge in [-0.25, -0.2) is 4.79 Å². The van der Waals surface area contributed by atoms with Crippen molar-refractivity contribution >= 4 is 23.7 Å². The first-order chi connectivity index (χ1) is 23.6. The Labute approximate surface area is 298 Å². The maximum absolute atomic E-state index is 14.9. The number of carbonyl (C=O) groups is 4. The van der Waals surface area contributed by atoms with Gasteiger partial charge in [0.2, 0.25) is 0 Å². The molecular formula is C42H58O8. The Hall–Kier alpha value is -3.26. The van der Waals surface area contributed by atoms with Gasteiger partial charge in [-0.1, -0.05) is 59.9 Å². The number of rotatable bonds is 2. The van der Waals surface area contributed by atoms with Crippen molar-refractivity contribution in [3.63, 3.8) is 0 Å². The van der Waals surface area contributed by atoms with E-state index >= 15 is 0 Å². The molecule has 4 bridgehead atoms. The molecule has 0 aromatic carbocycles. The number of ketones is 1. The quantitative estimate of drug-likeness (QED) is 0.176. The van der Waals surface area contributed by atoms with Crippen molar-refractivity contribution in [1.82, 2.24) is 0 Å². The van der Waals surface area contributed by atoms with E-state index in [1.54, 1.807) is 6.08 Å².